The second kappa shape index (κ2) is 5.24. The maximum absolute atomic E-state index is 12.8. The van der Waals surface area contributed by atoms with Gasteiger partial charge >= 0.3 is 0 Å². The summed E-state index contributed by atoms with van der Waals surface area (Å²) < 4.78 is 5.41. The van der Waals surface area contributed by atoms with Crippen LogP contribution in [0.4, 0.5) is 5.69 Å². The molecule has 0 saturated heterocycles. The molecular weight excluding hydrogens is 262 g/mol. The lowest BCUT2D eigenvalue weighted by Gasteiger charge is -2.15. The number of benzene rings is 2. The van der Waals surface area contributed by atoms with Gasteiger partial charge in [-0.25, -0.2) is 0 Å². The SMILES string of the molecule is CCOc1ccc(C(=O)C2(c3ccc(N)cc3)CC2)cc1. The number of ether oxygens (including phenoxy) is 1. The molecule has 2 aromatic carbocycles. The Hall–Kier alpha value is -2.29. The second-order valence-electron chi connectivity index (χ2n) is 5.49. The zero-order valence-electron chi connectivity index (χ0n) is 12.1. The van der Waals surface area contributed by atoms with Crippen LogP contribution >= 0.6 is 0 Å². The smallest absolute Gasteiger partial charge is 0.173 e. The molecule has 0 heterocycles. The number of anilines is 1. The molecule has 0 radical (unpaired) electrons. The average molecular weight is 281 g/mol. The lowest BCUT2D eigenvalue weighted by molar-refractivity contribution is 0.0946. The van der Waals surface area contributed by atoms with E-state index in [9.17, 15) is 4.79 Å². The first-order chi connectivity index (χ1) is 10.2. The Morgan fingerprint density at radius 1 is 1.10 bits per heavy atom. The van der Waals surface area contributed by atoms with Gasteiger partial charge in [-0.1, -0.05) is 12.1 Å². The molecule has 0 aliphatic heterocycles. The van der Waals surface area contributed by atoms with Crippen LogP contribution in [0.2, 0.25) is 0 Å². The topological polar surface area (TPSA) is 52.3 Å². The van der Waals surface area contributed by atoms with Crippen LogP contribution in [0.3, 0.4) is 0 Å². The number of rotatable bonds is 5. The predicted molar refractivity (Wildman–Crippen MR) is 83.7 cm³/mol. The standard InChI is InChI=1S/C18H19NO2/c1-2-21-16-9-3-13(4-10-16)17(20)18(11-12-18)14-5-7-15(19)8-6-14/h3-10H,2,11-12,19H2,1H3. The van der Waals surface area contributed by atoms with Crippen molar-refractivity contribution in [3.63, 3.8) is 0 Å². The lowest BCUT2D eigenvalue weighted by Crippen LogP contribution is -2.20. The van der Waals surface area contributed by atoms with E-state index in [1.807, 2.05) is 55.5 Å². The minimum absolute atomic E-state index is 0.190. The first-order valence-corrected chi connectivity index (χ1v) is 7.29. The molecule has 1 aliphatic carbocycles. The Bertz CT molecular complexity index is 640. The number of Topliss-reactive ketones (excluding diaryl/α,β-unsaturated/α-hetero) is 1. The molecular formula is C18H19NO2. The minimum atomic E-state index is -0.346. The van der Waals surface area contributed by atoms with Gasteiger partial charge < -0.3 is 10.5 Å². The van der Waals surface area contributed by atoms with Crippen LogP contribution in [0.15, 0.2) is 48.5 Å². The average Bonchev–Trinajstić information content (AvgIpc) is 3.30. The summed E-state index contributed by atoms with van der Waals surface area (Å²) in [5.41, 5.74) is 7.91. The minimum Gasteiger partial charge on any atom is -0.494 e. The van der Waals surface area contributed by atoms with E-state index < -0.39 is 0 Å². The molecule has 0 atom stereocenters. The summed E-state index contributed by atoms with van der Waals surface area (Å²) in [6, 6.07) is 15.1. The lowest BCUT2D eigenvalue weighted by atomic mass is 9.87. The molecule has 3 nitrogen and oxygen atoms in total. The first kappa shape index (κ1) is 13.7. The molecule has 0 unspecified atom stereocenters. The van der Waals surface area contributed by atoms with E-state index in [1.165, 1.54) is 0 Å². The van der Waals surface area contributed by atoms with E-state index in [0.717, 1.165) is 35.4 Å². The summed E-state index contributed by atoms with van der Waals surface area (Å²) in [7, 11) is 0. The largest absolute Gasteiger partial charge is 0.494 e. The van der Waals surface area contributed by atoms with Crippen molar-refractivity contribution in [3.8, 4) is 5.75 Å². The molecule has 108 valence electrons. The third kappa shape index (κ3) is 2.51. The van der Waals surface area contributed by atoms with Gasteiger partial charge in [0.1, 0.15) is 5.75 Å². The molecule has 21 heavy (non-hydrogen) atoms. The molecule has 3 heteroatoms. The summed E-state index contributed by atoms with van der Waals surface area (Å²) in [5, 5.41) is 0. The fraction of sp³-hybridized carbons (Fsp3) is 0.278. The highest BCUT2D eigenvalue weighted by Crippen LogP contribution is 2.50. The van der Waals surface area contributed by atoms with Crippen molar-refractivity contribution in [3.05, 3.63) is 59.7 Å². The van der Waals surface area contributed by atoms with Gasteiger partial charge in [0.25, 0.3) is 0 Å². The maximum atomic E-state index is 12.8. The van der Waals surface area contributed by atoms with Crippen LogP contribution < -0.4 is 10.5 Å². The highest BCUT2D eigenvalue weighted by atomic mass is 16.5. The Kier molecular flexibility index (Phi) is 3.42. The van der Waals surface area contributed by atoms with Crippen molar-refractivity contribution in [2.45, 2.75) is 25.2 Å². The molecule has 3 rings (SSSR count). The number of hydrogen-bond donors (Lipinski definition) is 1. The molecule has 1 fully saturated rings. The van der Waals surface area contributed by atoms with Gasteiger partial charge in [-0.05, 0) is 61.7 Å². The number of nitrogen functional groups attached to an aromatic ring is 1. The van der Waals surface area contributed by atoms with Gasteiger partial charge in [-0.2, -0.15) is 0 Å². The van der Waals surface area contributed by atoms with E-state index in [4.69, 9.17) is 10.5 Å². The summed E-state index contributed by atoms with van der Waals surface area (Å²) >= 11 is 0. The molecule has 1 saturated carbocycles. The fourth-order valence-corrected chi connectivity index (χ4v) is 2.72. The summed E-state index contributed by atoms with van der Waals surface area (Å²) in [5.74, 6) is 0.988. The molecule has 1 aliphatic rings. The maximum Gasteiger partial charge on any atom is 0.173 e. The van der Waals surface area contributed by atoms with Crippen LogP contribution in [0.1, 0.15) is 35.7 Å². The second-order valence-corrected chi connectivity index (χ2v) is 5.49. The zero-order valence-corrected chi connectivity index (χ0v) is 12.1. The molecule has 2 N–H and O–H groups in total. The number of hydrogen-bond acceptors (Lipinski definition) is 3. The number of ketones is 1. The zero-order chi connectivity index (χ0) is 14.9. The fourth-order valence-electron chi connectivity index (χ4n) is 2.72. The summed E-state index contributed by atoms with van der Waals surface area (Å²) in [6.07, 6.45) is 1.81. The number of carbonyl (C=O) groups is 1. The van der Waals surface area contributed by atoms with E-state index in [1.54, 1.807) is 0 Å². The summed E-state index contributed by atoms with van der Waals surface area (Å²) in [6.45, 7) is 2.57. The van der Waals surface area contributed by atoms with Crippen LogP contribution in [0.25, 0.3) is 0 Å². The normalized spacial score (nSPS) is 15.5. The van der Waals surface area contributed by atoms with E-state index in [-0.39, 0.29) is 11.2 Å². The van der Waals surface area contributed by atoms with Gasteiger partial charge in [0.05, 0.1) is 12.0 Å². The number of nitrogens with two attached hydrogens (primary N) is 1. The van der Waals surface area contributed by atoms with Crippen molar-refractivity contribution in [2.75, 3.05) is 12.3 Å². The predicted octanol–water partition coefficient (Wildman–Crippen LogP) is 3.58. The van der Waals surface area contributed by atoms with Crippen LogP contribution in [-0.4, -0.2) is 12.4 Å². The van der Waals surface area contributed by atoms with Gasteiger partial charge in [0.2, 0.25) is 0 Å². The molecule has 0 aromatic heterocycles. The summed E-state index contributed by atoms with van der Waals surface area (Å²) in [4.78, 5) is 12.8. The van der Waals surface area contributed by atoms with E-state index in [0.29, 0.717) is 6.61 Å². The number of carbonyl (C=O) groups excluding carboxylic acids is 1. The van der Waals surface area contributed by atoms with E-state index in [2.05, 4.69) is 0 Å². The van der Waals surface area contributed by atoms with E-state index >= 15 is 0 Å². The third-order valence-electron chi connectivity index (χ3n) is 4.08. The molecule has 2 aromatic rings. The van der Waals surface area contributed by atoms with Crippen molar-refractivity contribution in [1.82, 2.24) is 0 Å². The molecule has 0 amide bonds. The highest BCUT2D eigenvalue weighted by Gasteiger charge is 2.51. The van der Waals surface area contributed by atoms with Gasteiger partial charge in [-0.3, -0.25) is 4.79 Å². The van der Waals surface area contributed by atoms with Crippen LogP contribution in [0.5, 0.6) is 5.75 Å². The van der Waals surface area contributed by atoms with Crippen LogP contribution in [-0.2, 0) is 5.41 Å². The Labute approximate surface area is 124 Å². The van der Waals surface area contributed by atoms with Crippen molar-refractivity contribution < 1.29 is 9.53 Å². The highest BCUT2D eigenvalue weighted by molar-refractivity contribution is 6.06. The quantitative estimate of drug-likeness (QED) is 0.673. The van der Waals surface area contributed by atoms with Gasteiger partial charge in [0, 0.05) is 11.3 Å². The monoisotopic (exact) mass is 281 g/mol. The Morgan fingerprint density at radius 2 is 1.71 bits per heavy atom. The molecule has 0 spiro atoms. The Morgan fingerprint density at radius 3 is 2.24 bits per heavy atom. The molecule has 0 bridgehead atoms. The van der Waals surface area contributed by atoms with Gasteiger partial charge in [0.15, 0.2) is 5.78 Å². The van der Waals surface area contributed by atoms with Crippen molar-refractivity contribution >= 4 is 11.5 Å². The van der Waals surface area contributed by atoms with Crippen LogP contribution in [0, 0.1) is 0 Å². The van der Waals surface area contributed by atoms with Gasteiger partial charge in [-0.15, -0.1) is 0 Å². The van der Waals surface area contributed by atoms with Crippen molar-refractivity contribution in [2.24, 2.45) is 0 Å². The first-order valence-electron chi connectivity index (χ1n) is 7.29. The third-order valence-corrected chi connectivity index (χ3v) is 4.08. The van der Waals surface area contributed by atoms with Crippen molar-refractivity contribution in [1.29, 1.82) is 0 Å². The Balaban J connectivity index is 1.85.